The number of aliphatic hydroxyl groups is 2. The molecule has 0 aromatic carbocycles. The summed E-state index contributed by atoms with van der Waals surface area (Å²) in [6.07, 6.45) is 47.6. The minimum Gasteiger partial charge on any atom is -0.479 e. The number of aliphatic carboxylic acids is 1. The SMILES string of the molecule is CC/C=C\C/C=C\C/C=C\C/C=C\CCCCCCC(=O)OC1C(OCC(COC(=O)CCCCCCC/C=C\CCCCCC)OC(=O)CCCCCCCCCCCCCCC)OC(C(=O)O)C(O)C1O. The van der Waals surface area contributed by atoms with Gasteiger partial charge in [-0.15, -0.1) is 0 Å². The highest BCUT2D eigenvalue weighted by Crippen LogP contribution is 2.26. The maximum Gasteiger partial charge on any atom is 0.335 e. The molecule has 73 heavy (non-hydrogen) atoms. The lowest BCUT2D eigenvalue weighted by Crippen LogP contribution is -2.61. The molecule has 1 aliphatic heterocycles. The van der Waals surface area contributed by atoms with Crippen molar-refractivity contribution in [2.75, 3.05) is 13.2 Å². The number of hydrogen-bond acceptors (Lipinski definition) is 11. The van der Waals surface area contributed by atoms with E-state index in [9.17, 15) is 34.5 Å². The molecule has 0 saturated carbocycles. The standard InChI is InChI=1S/C61H104O12/c1-4-7-10-13-16-19-22-25-26-27-28-31-34-37-40-43-46-49-55(64)72-59-57(66)56(65)58(60(67)68)73-61(59)70-51-52(71-54(63)48-45-42-39-36-33-30-24-21-18-15-12-9-6-3)50-69-53(62)47-44-41-38-35-32-29-23-20-17-14-11-8-5-2/h7,10,16,19-20,23,25-26,28,31,52,56-59,61,65-66H,4-6,8-9,11-15,17-18,21-22,24,27,29-30,32-51H2,1-3H3,(H,67,68)/b10-7-,19-16-,23-20-,26-25-,31-28-. The number of rotatable bonds is 49. The van der Waals surface area contributed by atoms with Gasteiger partial charge < -0.3 is 39.0 Å². The van der Waals surface area contributed by atoms with E-state index in [0.29, 0.717) is 19.3 Å². The van der Waals surface area contributed by atoms with Crippen LogP contribution in [0.4, 0.5) is 0 Å². The smallest absolute Gasteiger partial charge is 0.335 e. The van der Waals surface area contributed by atoms with Crippen molar-refractivity contribution in [3.8, 4) is 0 Å². The lowest BCUT2D eigenvalue weighted by atomic mass is 9.98. The highest BCUT2D eigenvalue weighted by Gasteiger charge is 2.50. The molecule has 0 aromatic heterocycles. The van der Waals surface area contributed by atoms with Crippen LogP contribution in [-0.4, -0.2) is 89.2 Å². The monoisotopic (exact) mass is 1030 g/mol. The Bertz CT molecular complexity index is 1500. The number of carbonyl (C=O) groups excluding carboxylic acids is 3. The lowest BCUT2D eigenvalue weighted by molar-refractivity contribution is -0.301. The number of carboxylic acid groups (broad SMARTS) is 1. The van der Waals surface area contributed by atoms with Gasteiger partial charge in [-0.05, 0) is 83.5 Å². The quantitative estimate of drug-likeness (QED) is 0.0228. The normalized spacial score (nSPS) is 18.7. The third-order valence-corrected chi connectivity index (χ3v) is 13.1. The molecule has 0 spiro atoms. The summed E-state index contributed by atoms with van der Waals surface area (Å²) < 4.78 is 28.4. The van der Waals surface area contributed by atoms with Crippen LogP contribution in [0.5, 0.6) is 0 Å². The van der Waals surface area contributed by atoms with Crippen molar-refractivity contribution >= 4 is 23.9 Å². The predicted molar refractivity (Wildman–Crippen MR) is 294 cm³/mol. The molecule has 0 aliphatic carbocycles. The van der Waals surface area contributed by atoms with Crippen molar-refractivity contribution in [2.24, 2.45) is 0 Å². The van der Waals surface area contributed by atoms with Crippen LogP contribution in [-0.2, 0) is 42.9 Å². The molecule has 0 aromatic rings. The Labute approximate surface area is 443 Å². The number of carbonyl (C=O) groups is 4. The highest BCUT2D eigenvalue weighted by atomic mass is 16.7. The van der Waals surface area contributed by atoms with Crippen molar-refractivity contribution in [3.05, 3.63) is 60.8 Å². The molecule has 1 saturated heterocycles. The maximum absolute atomic E-state index is 13.1. The first-order valence-corrected chi connectivity index (χ1v) is 29.3. The first-order valence-electron chi connectivity index (χ1n) is 29.3. The number of unbranched alkanes of at least 4 members (excludes halogenated alkanes) is 25. The van der Waals surface area contributed by atoms with Gasteiger partial charge in [-0.3, -0.25) is 14.4 Å². The van der Waals surface area contributed by atoms with Gasteiger partial charge in [-0.1, -0.05) is 210 Å². The van der Waals surface area contributed by atoms with E-state index in [4.69, 9.17) is 23.7 Å². The van der Waals surface area contributed by atoms with Gasteiger partial charge in [0.1, 0.15) is 18.8 Å². The van der Waals surface area contributed by atoms with Crippen LogP contribution in [0.3, 0.4) is 0 Å². The van der Waals surface area contributed by atoms with E-state index >= 15 is 0 Å². The molecular weight excluding hydrogens is 925 g/mol. The number of carboxylic acids is 1. The van der Waals surface area contributed by atoms with Gasteiger partial charge in [0.25, 0.3) is 0 Å². The average molecular weight is 1030 g/mol. The zero-order valence-corrected chi connectivity index (χ0v) is 46.1. The van der Waals surface area contributed by atoms with Gasteiger partial charge in [-0.2, -0.15) is 0 Å². The van der Waals surface area contributed by atoms with E-state index in [1.807, 2.05) is 0 Å². The van der Waals surface area contributed by atoms with Gasteiger partial charge in [-0.25, -0.2) is 4.79 Å². The molecule has 420 valence electrons. The topological polar surface area (TPSA) is 175 Å². The summed E-state index contributed by atoms with van der Waals surface area (Å²) in [6.45, 7) is 5.85. The van der Waals surface area contributed by atoms with E-state index in [2.05, 4.69) is 81.5 Å². The first-order chi connectivity index (χ1) is 35.6. The van der Waals surface area contributed by atoms with Gasteiger partial charge in [0, 0.05) is 19.3 Å². The minimum atomic E-state index is -1.91. The van der Waals surface area contributed by atoms with E-state index < -0.39 is 67.3 Å². The minimum absolute atomic E-state index is 0.0321. The largest absolute Gasteiger partial charge is 0.479 e. The van der Waals surface area contributed by atoms with Crippen molar-refractivity contribution in [1.29, 1.82) is 0 Å². The number of hydrogen-bond donors (Lipinski definition) is 3. The average Bonchev–Trinajstić information content (AvgIpc) is 3.37. The molecule has 6 unspecified atom stereocenters. The van der Waals surface area contributed by atoms with E-state index in [1.165, 1.54) is 83.5 Å². The van der Waals surface area contributed by atoms with Crippen molar-refractivity contribution in [3.63, 3.8) is 0 Å². The molecule has 0 radical (unpaired) electrons. The molecule has 1 heterocycles. The Morgan fingerprint density at radius 3 is 1.34 bits per heavy atom. The molecule has 12 heteroatoms. The third-order valence-electron chi connectivity index (χ3n) is 13.1. The molecule has 1 aliphatic rings. The Morgan fingerprint density at radius 2 is 0.863 bits per heavy atom. The van der Waals surface area contributed by atoms with E-state index in [-0.39, 0.29) is 25.9 Å². The van der Waals surface area contributed by atoms with Crippen molar-refractivity contribution in [2.45, 2.75) is 289 Å². The van der Waals surface area contributed by atoms with E-state index in [0.717, 1.165) is 109 Å². The molecule has 6 atom stereocenters. The van der Waals surface area contributed by atoms with Crippen LogP contribution >= 0.6 is 0 Å². The molecule has 3 N–H and O–H groups in total. The fourth-order valence-corrected chi connectivity index (χ4v) is 8.59. The number of esters is 3. The number of allylic oxidation sites excluding steroid dienone is 10. The second-order valence-electron chi connectivity index (χ2n) is 19.9. The fourth-order valence-electron chi connectivity index (χ4n) is 8.59. The Balaban J connectivity index is 2.71. The second kappa shape index (κ2) is 49.3. The van der Waals surface area contributed by atoms with Crippen molar-refractivity contribution in [1.82, 2.24) is 0 Å². The van der Waals surface area contributed by atoms with Crippen molar-refractivity contribution < 1.29 is 58.2 Å². The molecular formula is C61H104O12. The molecule has 1 rings (SSSR count). The maximum atomic E-state index is 13.1. The van der Waals surface area contributed by atoms with Gasteiger partial charge in [0.05, 0.1) is 6.61 Å². The van der Waals surface area contributed by atoms with E-state index in [1.54, 1.807) is 0 Å². The summed E-state index contributed by atoms with van der Waals surface area (Å²) in [4.78, 5) is 51.1. The summed E-state index contributed by atoms with van der Waals surface area (Å²) >= 11 is 0. The van der Waals surface area contributed by atoms with Crippen LogP contribution in [0.25, 0.3) is 0 Å². The van der Waals surface area contributed by atoms with Crippen LogP contribution in [0.2, 0.25) is 0 Å². The third kappa shape index (κ3) is 39.5. The van der Waals surface area contributed by atoms with Crippen LogP contribution in [0, 0.1) is 0 Å². The zero-order valence-electron chi connectivity index (χ0n) is 46.1. The Hall–Kier alpha value is -3.58. The molecule has 1 fully saturated rings. The van der Waals surface area contributed by atoms with Crippen LogP contribution in [0.1, 0.15) is 252 Å². The summed E-state index contributed by atoms with van der Waals surface area (Å²) in [5, 5.41) is 31.5. The molecule has 12 nitrogen and oxygen atoms in total. The fraction of sp³-hybridized carbons (Fsp3) is 0.770. The highest BCUT2D eigenvalue weighted by molar-refractivity contribution is 5.74. The van der Waals surface area contributed by atoms with Gasteiger partial charge in [0.2, 0.25) is 0 Å². The summed E-state index contributed by atoms with van der Waals surface area (Å²) in [6, 6.07) is 0. The summed E-state index contributed by atoms with van der Waals surface area (Å²) in [7, 11) is 0. The molecule has 0 amide bonds. The van der Waals surface area contributed by atoms with Crippen LogP contribution < -0.4 is 0 Å². The lowest BCUT2D eigenvalue weighted by Gasteiger charge is -2.40. The zero-order chi connectivity index (χ0) is 53.3. The van der Waals surface area contributed by atoms with Crippen LogP contribution in [0.15, 0.2) is 60.8 Å². The number of aliphatic hydroxyl groups excluding tert-OH is 2. The second-order valence-corrected chi connectivity index (χ2v) is 19.9. The molecule has 0 bridgehead atoms. The number of ether oxygens (including phenoxy) is 5. The summed E-state index contributed by atoms with van der Waals surface area (Å²) in [5.74, 6) is -3.15. The Kier molecular flexibility index (Phi) is 45.5. The van der Waals surface area contributed by atoms with Gasteiger partial charge in [0.15, 0.2) is 24.6 Å². The first kappa shape index (κ1) is 67.4. The van der Waals surface area contributed by atoms with Gasteiger partial charge >= 0.3 is 23.9 Å². The summed E-state index contributed by atoms with van der Waals surface area (Å²) in [5.41, 5.74) is 0. The predicted octanol–water partition coefficient (Wildman–Crippen LogP) is 14.8. The Morgan fingerprint density at radius 1 is 0.466 bits per heavy atom.